The first kappa shape index (κ1) is 28.2. The number of fused-ring (bicyclic) bond motifs is 1. The number of carbonyl (C=O) groups excluding carboxylic acids is 2. The van der Waals surface area contributed by atoms with Crippen LogP contribution < -0.4 is 0 Å². The standard InChI is InChI=1S/C36H30F2N2O3/c37-30-17-11-24(12-18-30)21-29-7-4-8-32-35(29)39-40(36(32)28-15-19-31(38)20-16-28)33(41)23-43-34(42)22-25-9-13-27(14-10-25)26-5-2-1-3-6-26/h1-3,5-6,9-21,32,36H,4,7-8,22-23H2/b29-21+. The molecule has 2 aliphatic rings. The molecule has 0 spiro atoms. The zero-order valence-corrected chi connectivity index (χ0v) is 23.5. The van der Waals surface area contributed by atoms with E-state index < -0.39 is 24.5 Å². The fourth-order valence-electron chi connectivity index (χ4n) is 5.83. The van der Waals surface area contributed by atoms with Crippen LogP contribution in [0, 0.1) is 17.6 Å². The highest BCUT2D eigenvalue weighted by Crippen LogP contribution is 2.44. The highest BCUT2D eigenvalue weighted by molar-refractivity contribution is 6.08. The molecule has 0 N–H and O–H groups in total. The van der Waals surface area contributed by atoms with Gasteiger partial charge in [0.05, 0.1) is 18.2 Å². The third-order valence-electron chi connectivity index (χ3n) is 7.95. The third-order valence-corrected chi connectivity index (χ3v) is 7.95. The minimum absolute atomic E-state index is 0.0332. The van der Waals surface area contributed by atoms with Crippen LogP contribution in [0.5, 0.6) is 0 Å². The Labute approximate surface area is 249 Å². The van der Waals surface area contributed by atoms with Gasteiger partial charge in [0.1, 0.15) is 11.6 Å². The number of hydrazone groups is 1. The van der Waals surface area contributed by atoms with Gasteiger partial charge in [-0.05, 0) is 83.0 Å². The Balaban J connectivity index is 1.18. The van der Waals surface area contributed by atoms with Crippen LogP contribution >= 0.6 is 0 Å². The predicted molar refractivity (Wildman–Crippen MR) is 162 cm³/mol. The Morgan fingerprint density at radius 2 is 1.49 bits per heavy atom. The summed E-state index contributed by atoms with van der Waals surface area (Å²) < 4.78 is 32.7. The molecule has 0 aromatic heterocycles. The third kappa shape index (κ3) is 6.46. The monoisotopic (exact) mass is 576 g/mol. The van der Waals surface area contributed by atoms with Gasteiger partial charge in [0.2, 0.25) is 0 Å². The molecule has 2 unspecified atom stereocenters. The minimum Gasteiger partial charge on any atom is -0.455 e. The molecule has 7 heteroatoms. The minimum atomic E-state index is -0.514. The summed E-state index contributed by atoms with van der Waals surface area (Å²) >= 11 is 0. The smallest absolute Gasteiger partial charge is 0.310 e. The van der Waals surface area contributed by atoms with Crippen molar-refractivity contribution < 1.29 is 23.1 Å². The molecule has 0 bridgehead atoms. The average Bonchev–Trinajstić information content (AvgIpc) is 3.43. The van der Waals surface area contributed by atoms with Gasteiger partial charge in [0.25, 0.3) is 5.91 Å². The van der Waals surface area contributed by atoms with Crippen molar-refractivity contribution in [3.8, 4) is 11.1 Å². The van der Waals surface area contributed by atoms with Crippen LogP contribution in [0.3, 0.4) is 0 Å². The van der Waals surface area contributed by atoms with E-state index in [2.05, 4.69) is 0 Å². The first-order valence-electron chi connectivity index (χ1n) is 14.4. The van der Waals surface area contributed by atoms with E-state index in [0.29, 0.717) is 0 Å². The molecule has 0 saturated heterocycles. The van der Waals surface area contributed by atoms with Crippen LogP contribution in [-0.2, 0) is 20.7 Å². The highest BCUT2D eigenvalue weighted by Gasteiger charge is 2.43. The van der Waals surface area contributed by atoms with Gasteiger partial charge in [-0.25, -0.2) is 13.8 Å². The Bertz CT molecular complexity index is 1660. The average molecular weight is 577 g/mol. The normalized spacial score (nSPS) is 18.7. The summed E-state index contributed by atoms with van der Waals surface area (Å²) in [6.07, 6.45) is 4.45. The van der Waals surface area contributed by atoms with Crippen molar-refractivity contribution in [2.45, 2.75) is 31.7 Å². The summed E-state index contributed by atoms with van der Waals surface area (Å²) in [6, 6.07) is 29.5. The second kappa shape index (κ2) is 12.5. The number of rotatable bonds is 7. The van der Waals surface area contributed by atoms with E-state index in [0.717, 1.165) is 58.4 Å². The van der Waals surface area contributed by atoms with E-state index >= 15 is 0 Å². The SMILES string of the molecule is O=C(Cc1ccc(-c2ccccc2)cc1)OCC(=O)N1N=C2/C(=C/c3ccc(F)cc3)CCCC2C1c1ccc(F)cc1. The summed E-state index contributed by atoms with van der Waals surface area (Å²) in [4.78, 5) is 26.2. The van der Waals surface area contributed by atoms with Gasteiger partial charge < -0.3 is 4.74 Å². The number of halogens is 2. The number of allylic oxidation sites excluding steroid dienone is 1. The van der Waals surface area contributed by atoms with Crippen molar-refractivity contribution in [3.05, 3.63) is 137 Å². The van der Waals surface area contributed by atoms with Crippen molar-refractivity contribution in [1.82, 2.24) is 5.01 Å². The van der Waals surface area contributed by atoms with Gasteiger partial charge in [0, 0.05) is 5.92 Å². The van der Waals surface area contributed by atoms with Crippen molar-refractivity contribution in [2.24, 2.45) is 11.0 Å². The van der Waals surface area contributed by atoms with Gasteiger partial charge in [-0.1, -0.05) is 78.9 Å². The van der Waals surface area contributed by atoms with E-state index in [1.54, 1.807) is 24.3 Å². The van der Waals surface area contributed by atoms with Crippen LogP contribution in [0.2, 0.25) is 0 Å². The molecule has 0 radical (unpaired) electrons. The van der Waals surface area contributed by atoms with Gasteiger partial charge in [-0.2, -0.15) is 5.10 Å². The van der Waals surface area contributed by atoms with Crippen molar-refractivity contribution >= 4 is 23.7 Å². The lowest BCUT2D eigenvalue weighted by molar-refractivity contribution is -0.152. The molecule has 1 heterocycles. The fraction of sp³-hybridized carbons (Fsp3) is 0.194. The lowest BCUT2D eigenvalue weighted by Crippen LogP contribution is -2.34. The summed E-state index contributed by atoms with van der Waals surface area (Å²) in [5.41, 5.74) is 6.26. The first-order valence-corrected chi connectivity index (χ1v) is 14.4. The van der Waals surface area contributed by atoms with E-state index in [1.165, 1.54) is 29.3 Å². The summed E-state index contributed by atoms with van der Waals surface area (Å²) in [5, 5.41) is 6.15. The number of nitrogens with zero attached hydrogens (tertiary/aromatic N) is 2. The highest BCUT2D eigenvalue weighted by atomic mass is 19.1. The van der Waals surface area contributed by atoms with Gasteiger partial charge >= 0.3 is 5.97 Å². The maximum Gasteiger partial charge on any atom is 0.310 e. The molecule has 1 aliphatic carbocycles. The molecule has 1 fully saturated rings. The molecule has 1 aliphatic heterocycles. The van der Waals surface area contributed by atoms with E-state index in [4.69, 9.17) is 9.84 Å². The molecule has 6 rings (SSSR count). The molecule has 1 amide bonds. The predicted octanol–water partition coefficient (Wildman–Crippen LogP) is 7.54. The summed E-state index contributed by atoms with van der Waals surface area (Å²) in [7, 11) is 0. The van der Waals surface area contributed by atoms with Crippen LogP contribution in [0.25, 0.3) is 17.2 Å². The van der Waals surface area contributed by atoms with Crippen LogP contribution in [-0.4, -0.2) is 29.2 Å². The van der Waals surface area contributed by atoms with E-state index in [-0.39, 0.29) is 24.0 Å². The number of hydrogen-bond acceptors (Lipinski definition) is 4. The number of carbonyl (C=O) groups is 2. The van der Waals surface area contributed by atoms with Gasteiger partial charge in [-0.15, -0.1) is 0 Å². The molecule has 216 valence electrons. The Hall–Kier alpha value is -4.91. The Kier molecular flexibility index (Phi) is 8.22. The molecular weight excluding hydrogens is 546 g/mol. The lowest BCUT2D eigenvalue weighted by Gasteiger charge is -2.29. The van der Waals surface area contributed by atoms with Crippen LogP contribution in [0.1, 0.15) is 42.0 Å². The second-order valence-corrected chi connectivity index (χ2v) is 10.8. The molecule has 2 atom stereocenters. The fourth-order valence-corrected chi connectivity index (χ4v) is 5.83. The van der Waals surface area contributed by atoms with Crippen LogP contribution in [0.15, 0.2) is 114 Å². The lowest BCUT2D eigenvalue weighted by atomic mass is 9.77. The van der Waals surface area contributed by atoms with Crippen molar-refractivity contribution in [2.75, 3.05) is 6.61 Å². The Morgan fingerprint density at radius 1 is 0.837 bits per heavy atom. The number of ether oxygens (including phenoxy) is 1. The second-order valence-electron chi connectivity index (χ2n) is 10.8. The first-order chi connectivity index (χ1) is 20.9. The number of amides is 1. The molecule has 4 aromatic carbocycles. The largest absolute Gasteiger partial charge is 0.455 e. The molecule has 5 nitrogen and oxygen atoms in total. The molecule has 4 aromatic rings. The van der Waals surface area contributed by atoms with E-state index in [1.807, 2.05) is 60.7 Å². The maximum absolute atomic E-state index is 13.8. The van der Waals surface area contributed by atoms with Crippen molar-refractivity contribution in [1.29, 1.82) is 0 Å². The molecule has 43 heavy (non-hydrogen) atoms. The maximum atomic E-state index is 13.8. The summed E-state index contributed by atoms with van der Waals surface area (Å²) in [6.45, 7) is -0.459. The molecule has 1 saturated carbocycles. The van der Waals surface area contributed by atoms with Crippen LogP contribution in [0.4, 0.5) is 8.78 Å². The quantitative estimate of drug-likeness (QED) is 0.214. The van der Waals surface area contributed by atoms with Crippen molar-refractivity contribution in [3.63, 3.8) is 0 Å². The van der Waals surface area contributed by atoms with E-state index in [9.17, 15) is 18.4 Å². The van der Waals surface area contributed by atoms with Gasteiger partial charge in [-0.3, -0.25) is 9.59 Å². The zero-order chi connectivity index (χ0) is 29.8. The number of hydrogen-bond donors (Lipinski definition) is 0. The van der Waals surface area contributed by atoms with Gasteiger partial charge in [0.15, 0.2) is 6.61 Å². The zero-order valence-electron chi connectivity index (χ0n) is 23.5. The topological polar surface area (TPSA) is 59.0 Å². The Morgan fingerprint density at radius 3 is 2.19 bits per heavy atom. The summed E-state index contributed by atoms with van der Waals surface area (Å²) in [5.74, 6) is -1.75. The number of esters is 1. The number of benzene rings is 4. The molecular formula is C36H30F2N2O3.